The molecule has 3 aromatic rings. The fourth-order valence-electron chi connectivity index (χ4n) is 3.92. The van der Waals surface area contributed by atoms with E-state index in [2.05, 4.69) is 5.32 Å². The molecule has 7 heteroatoms. The zero-order valence-corrected chi connectivity index (χ0v) is 17.8. The normalized spacial score (nSPS) is 13.5. The quantitative estimate of drug-likeness (QED) is 0.592. The predicted molar refractivity (Wildman–Crippen MR) is 118 cm³/mol. The third-order valence-electron chi connectivity index (χ3n) is 5.53. The van der Waals surface area contributed by atoms with E-state index in [0.717, 1.165) is 5.56 Å². The summed E-state index contributed by atoms with van der Waals surface area (Å²) < 4.78 is 24.0. The summed E-state index contributed by atoms with van der Waals surface area (Å²) in [6.45, 7) is 0.390. The second-order valence-electron chi connectivity index (χ2n) is 7.48. The number of rotatable bonds is 7. The fraction of sp³-hybridized carbons (Fsp3) is 0.200. The van der Waals surface area contributed by atoms with Crippen LogP contribution in [0.2, 0.25) is 0 Å². The van der Waals surface area contributed by atoms with E-state index in [0.29, 0.717) is 34.9 Å². The minimum atomic E-state index is -0.546. The van der Waals surface area contributed by atoms with Crippen LogP contribution in [0.5, 0.6) is 11.5 Å². The molecule has 4 rings (SSSR count). The van der Waals surface area contributed by atoms with E-state index in [-0.39, 0.29) is 24.1 Å². The fourth-order valence-corrected chi connectivity index (χ4v) is 3.92. The Balaban J connectivity index is 1.58. The largest absolute Gasteiger partial charge is 0.493 e. The molecule has 164 valence electrons. The molecule has 0 fully saturated rings. The van der Waals surface area contributed by atoms with Crippen LogP contribution in [0.25, 0.3) is 0 Å². The minimum Gasteiger partial charge on any atom is -0.493 e. The zero-order chi connectivity index (χ0) is 22.7. The molecule has 1 heterocycles. The molecule has 0 aliphatic carbocycles. The topological polar surface area (TPSA) is 67.9 Å². The lowest BCUT2D eigenvalue weighted by molar-refractivity contribution is -0.117. The summed E-state index contributed by atoms with van der Waals surface area (Å²) in [6, 6.07) is 17.8. The summed E-state index contributed by atoms with van der Waals surface area (Å²) in [4.78, 5) is 27.7. The molecule has 0 bridgehead atoms. The van der Waals surface area contributed by atoms with E-state index < -0.39 is 6.04 Å². The van der Waals surface area contributed by atoms with Crippen molar-refractivity contribution < 1.29 is 23.5 Å². The van der Waals surface area contributed by atoms with Crippen molar-refractivity contribution in [1.82, 2.24) is 4.90 Å². The van der Waals surface area contributed by atoms with Gasteiger partial charge in [0.25, 0.3) is 5.91 Å². The first kappa shape index (κ1) is 21.4. The van der Waals surface area contributed by atoms with Crippen molar-refractivity contribution in [2.75, 3.05) is 19.5 Å². The third-order valence-corrected chi connectivity index (χ3v) is 5.53. The number of anilines is 1. The number of hydrogen-bond acceptors (Lipinski definition) is 4. The van der Waals surface area contributed by atoms with Crippen molar-refractivity contribution in [3.63, 3.8) is 0 Å². The van der Waals surface area contributed by atoms with Gasteiger partial charge in [0.1, 0.15) is 5.82 Å². The molecule has 2 amide bonds. The second kappa shape index (κ2) is 9.09. The number of carbonyl (C=O) groups excluding carboxylic acids is 2. The van der Waals surface area contributed by atoms with Gasteiger partial charge in [-0.25, -0.2) is 4.39 Å². The Hall–Kier alpha value is -3.87. The lowest BCUT2D eigenvalue weighted by Gasteiger charge is -2.28. The van der Waals surface area contributed by atoms with E-state index in [1.165, 1.54) is 26.4 Å². The molecule has 0 saturated carbocycles. The molecule has 1 atom stereocenters. The van der Waals surface area contributed by atoms with Crippen LogP contribution in [0.3, 0.4) is 0 Å². The Morgan fingerprint density at radius 2 is 1.75 bits per heavy atom. The summed E-state index contributed by atoms with van der Waals surface area (Å²) in [7, 11) is 3.05. The molecule has 32 heavy (non-hydrogen) atoms. The van der Waals surface area contributed by atoms with Crippen LogP contribution in [-0.2, 0) is 11.3 Å². The summed E-state index contributed by atoms with van der Waals surface area (Å²) >= 11 is 0. The zero-order valence-electron chi connectivity index (χ0n) is 17.8. The van der Waals surface area contributed by atoms with Crippen LogP contribution in [-0.4, -0.2) is 30.9 Å². The number of methoxy groups -OCH3 is 2. The highest BCUT2D eigenvalue weighted by atomic mass is 19.1. The maximum atomic E-state index is 13.5. The number of halogens is 1. The van der Waals surface area contributed by atoms with Gasteiger partial charge in [-0.1, -0.05) is 30.3 Å². The number of carbonyl (C=O) groups is 2. The number of amides is 2. The summed E-state index contributed by atoms with van der Waals surface area (Å²) in [6.07, 6.45) is 0.0136. The van der Waals surface area contributed by atoms with Gasteiger partial charge >= 0.3 is 0 Å². The molecule has 1 N–H and O–H groups in total. The number of hydrogen-bond donors (Lipinski definition) is 1. The standard InChI is InChI=1S/C25H23FN2O4/c1-31-22-12-11-19(13-23(22)32-2)27-24(29)14-21(16-7-9-18(26)10-8-16)28-15-17-5-3-4-6-20(17)25(28)30/h3-13,21H,14-15H2,1-2H3,(H,27,29). The predicted octanol–water partition coefficient (Wildman–Crippen LogP) is 4.57. The Labute approximate surface area is 185 Å². The van der Waals surface area contributed by atoms with Gasteiger partial charge in [-0.15, -0.1) is 0 Å². The number of benzene rings is 3. The average molecular weight is 434 g/mol. The molecule has 0 aromatic heterocycles. The van der Waals surface area contributed by atoms with Crippen molar-refractivity contribution in [3.8, 4) is 11.5 Å². The molecular weight excluding hydrogens is 411 g/mol. The molecule has 6 nitrogen and oxygen atoms in total. The van der Waals surface area contributed by atoms with E-state index in [9.17, 15) is 14.0 Å². The third kappa shape index (κ3) is 4.27. The van der Waals surface area contributed by atoms with Gasteiger partial charge in [0.2, 0.25) is 5.91 Å². The van der Waals surface area contributed by atoms with Crippen molar-refractivity contribution in [2.45, 2.75) is 19.0 Å². The Morgan fingerprint density at radius 3 is 2.44 bits per heavy atom. The summed E-state index contributed by atoms with van der Waals surface area (Å²) in [5.74, 6) is 0.239. The van der Waals surface area contributed by atoms with E-state index >= 15 is 0 Å². The Morgan fingerprint density at radius 1 is 1.03 bits per heavy atom. The molecule has 0 spiro atoms. The first-order valence-electron chi connectivity index (χ1n) is 10.2. The molecule has 0 saturated heterocycles. The van der Waals surface area contributed by atoms with E-state index in [4.69, 9.17) is 9.47 Å². The Bertz CT molecular complexity index is 1150. The highest BCUT2D eigenvalue weighted by molar-refractivity contribution is 5.99. The highest BCUT2D eigenvalue weighted by Gasteiger charge is 2.34. The monoisotopic (exact) mass is 434 g/mol. The smallest absolute Gasteiger partial charge is 0.255 e. The number of ether oxygens (including phenoxy) is 2. The van der Waals surface area contributed by atoms with Gasteiger partial charge in [-0.3, -0.25) is 9.59 Å². The van der Waals surface area contributed by atoms with Gasteiger partial charge < -0.3 is 19.7 Å². The number of nitrogens with zero attached hydrogens (tertiary/aromatic N) is 1. The minimum absolute atomic E-state index is 0.0136. The molecule has 3 aromatic carbocycles. The van der Waals surface area contributed by atoms with Gasteiger partial charge in [-0.05, 0) is 41.5 Å². The molecule has 0 radical (unpaired) electrons. The van der Waals surface area contributed by atoms with Gasteiger partial charge in [-0.2, -0.15) is 0 Å². The summed E-state index contributed by atoms with van der Waals surface area (Å²) in [5.41, 5.74) is 2.77. The van der Waals surface area contributed by atoms with E-state index in [1.54, 1.807) is 41.3 Å². The van der Waals surface area contributed by atoms with Crippen molar-refractivity contribution in [1.29, 1.82) is 0 Å². The lowest BCUT2D eigenvalue weighted by atomic mass is 10.0. The van der Waals surface area contributed by atoms with Gasteiger partial charge in [0.05, 0.1) is 26.7 Å². The van der Waals surface area contributed by atoms with E-state index in [1.807, 2.05) is 18.2 Å². The van der Waals surface area contributed by atoms with Crippen molar-refractivity contribution >= 4 is 17.5 Å². The number of nitrogens with one attached hydrogen (secondary N) is 1. The molecule has 1 aliphatic heterocycles. The van der Waals surface area contributed by atoms with Gasteiger partial charge in [0.15, 0.2) is 11.5 Å². The summed E-state index contributed by atoms with van der Waals surface area (Å²) in [5, 5.41) is 2.85. The first-order chi connectivity index (χ1) is 15.5. The van der Waals surface area contributed by atoms with Crippen LogP contribution in [0, 0.1) is 5.82 Å². The van der Waals surface area contributed by atoms with Crippen LogP contribution in [0.4, 0.5) is 10.1 Å². The van der Waals surface area contributed by atoms with Crippen molar-refractivity contribution in [2.24, 2.45) is 0 Å². The second-order valence-corrected chi connectivity index (χ2v) is 7.48. The average Bonchev–Trinajstić information content (AvgIpc) is 3.14. The maximum absolute atomic E-state index is 13.5. The molecule has 1 aliphatic rings. The van der Waals surface area contributed by atoms with Gasteiger partial charge in [0, 0.05) is 23.9 Å². The lowest BCUT2D eigenvalue weighted by Crippen LogP contribution is -2.32. The van der Waals surface area contributed by atoms with Crippen LogP contribution < -0.4 is 14.8 Å². The van der Waals surface area contributed by atoms with Crippen LogP contribution >= 0.6 is 0 Å². The SMILES string of the molecule is COc1ccc(NC(=O)CC(c2ccc(F)cc2)N2Cc3ccccc3C2=O)cc1OC. The van der Waals surface area contributed by atoms with Crippen LogP contribution in [0.1, 0.15) is 33.9 Å². The first-order valence-corrected chi connectivity index (χ1v) is 10.2. The van der Waals surface area contributed by atoms with Crippen LogP contribution in [0.15, 0.2) is 66.7 Å². The highest BCUT2D eigenvalue weighted by Crippen LogP contribution is 2.34. The Kier molecular flexibility index (Phi) is 6.07. The molecular formula is C25H23FN2O4. The number of fused-ring (bicyclic) bond motifs is 1. The molecule has 1 unspecified atom stereocenters. The van der Waals surface area contributed by atoms with Crippen molar-refractivity contribution in [3.05, 3.63) is 89.2 Å². The maximum Gasteiger partial charge on any atom is 0.255 e.